The highest BCUT2D eigenvalue weighted by Gasteiger charge is 2.54. The SMILES string of the molecule is O=C(O)CCC(=O)O[C@@H]1C[C@@](O)(C(=O)O)C[C@@H](OC(=O)/C=C/c2ccc(O)c(O)c2)[C@@H]1OC(=O)/C=C/c1ccc(O)c(O)c1. The Morgan fingerprint density at radius 1 is 0.705 bits per heavy atom. The zero-order valence-corrected chi connectivity index (χ0v) is 22.7. The molecule has 0 amide bonds. The number of carbonyl (C=O) groups is 5. The second-order valence-electron chi connectivity index (χ2n) is 9.71. The van der Waals surface area contributed by atoms with Gasteiger partial charge in [0.05, 0.1) is 12.8 Å². The van der Waals surface area contributed by atoms with Crippen LogP contribution in [0.3, 0.4) is 0 Å². The van der Waals surface area contributed by atoms with Crippen molar-refractivity contribution >= 4 is 42.0 Å². The predicted octanol–water partition coefficient (Wildman–Crippen LogP) is 1.45. The Bertz CT molecular complexity index is 1490. The molecule has 4 atom stereocenters. The first kappa shape index (κ1) is 32.9. The van der Waals surface area contributed by atoms with Gasteiger partial charge in [-0.2, -0.15) is 0 Å². The Labute approximate surface area is 248 Å². The van der Waals surface area contributed by atoms with Gasteiger partial charge in [0.15, 0.2) is 34.7 Å². The first-order valence-corrected chi connectivity index (χ1v) is 12.9. The maximum Gasteiger partial charge on any atom is 0.335 e. The van der Waals surface area contributed by atoms with E-state index < -0.39 is 102 Å². The molecule has 7 N–H and O–H groups in total. The van der Waals surface area contributed by atoms with Crippen LogP contribution in [0.15, 0.2) is 48.6 Å². The molecule has 1 aliphatic rings. The molecule has 0 radical (unpaired) electrons. The summed E-state index contributed by atoms with van der Waals surface area (Å²) in [6.07, 6.45) is -3.90. The highest BCUT2D eigenvalue weighted by Crippen LogP contribution is 2.35. The summed E-state index contributed by atoms with van der Waals surface area (Å²) in [6.45, 7) is 0. The van der Waals surface area contributed by atoms with Crippen molar-refractivity contribution in [2.45, 2.75) is 49.6 Å². The number of phenolic OH excluding ortho intramolecular Hbond substituents is 4. The number of hydrogen-bond acceptors (Lipinski definition) is 13. The molecule has 0 saturated heterocycles. The first-order valence-electron chi connectivity index (χ1n) is 12.9. The Morgan fingerprint density at radius 2 is 1.18 bits per heavy atom. The molecule has 0 bridgehead atoms. The number of hydrogen-bond donors (Lipinski definition) is 7. The standard InChI is InChI=1S/C29H28O15/c30-17-5-1-15(11-19(17)32)3-8-24(36)42-21-13-29(41,28(39)40)14-22(43-25(37)10-7-23(34)35)27(21)44-26(38)9-4-16-2-6-18(31)20(33)12-16/h1-6,8-9,11-12,21-22,27,30-33,41H,7,10,13-14H2,(H,34,35)(H,39,40)/b8-3+,9-4+/t21-,22-,27+,29-/m1/s1. The van der Waals surface area contributed by atoms with Crippen LogP contribution in [-0.4, -0.2) is 89.5 Å². The molecule has 0 aromatic heterocycles. The van der Waals surface area contributed by atoms with Crippen LogP contribution in [0.1, 0.15) is 36.8 Å². The van der Waals surface area contributed by atoms with E-state index in [4.69, 9.17) is 19.3 Å². The number of aromatic hydroxyl groups is 4. The minimum atomic E-state index is -2.63. The van der Waals surface area contributed by atoms with Gasteiger partial charge in [-0.15, -0.1) is 0 Å². The molecule has 1 saturated carbocycles. The van der Waals surface area contributed by atoms with E-state index in [1.54, 1.807) is 0 Å². The molecule has 1 aliphatic carbocycles. The van der Waals surface area contributed by atoms with Gasteiger partial charge in [0.2, 0.25) is 0 Å². The zero-order valence-electron chi connectivity index (χ0n) is 22.7. The third-order valence-corrected chi connectivity index (χ3v) is 6.38. The van der Waals surface area contributed by atoms with E-state index in [0.717, 1.165) is 36.4 Å². The van der Waals surface area contributed by atoms with E-state index in [2.05, 4.69) is 0 Å². The molecule has 0 unspecified atom stereocenters. The van der Waals surface area contributed by atoms with E-state index in [1.807, 2.05) is 0 Å². The molecular weight excluding hydrogens is 588 g/mol. The molecule has 15 nitrogen and oxygen atoms in total. The monoisotopic (exact) mass is 616 g/mol. The summed E-state index contributed by atoms with van der Waals surface area (Å²) in [6, 6.07) is 7.26. The predicted molar refractivity (Wildman–Crippen MR) is 146 cm³/mol. The number of carboxylic acids is 2. The molecule has 2 aromatic rings. The topological polar surface area (TPSA) is 255 Å². The Kier molecular flexibility index (Phi) is 10.5. The Hall–Kier alpha value is -5.57. The van der Waals surface area contributed by atoms with E-state index in [9.17, 15) is 54.6 Å². The van der Waals surface area contributed by atoms with Gasteiger partial charge in [-0.1, -0.05) is 12.1 Å². The molecule has 0 spiro atoms. The van der Waals surface area contributed by atoms with Crippen LogP contribution in [0.2, 0.25) is 0 Å². The molecule has 15 heteroatoms. The lowest BCUT2D eigenvalue weighted by atomic mass is 9.79. The number of phenols is 4. The van der Waals surface area contributed by atoms with E-state index in [1.165, 1.54) is 24.3 Å². The summed E-state index contributed by atoms with van der Waals surface area (Å²) in [5, 5.41) is 67.5. The summed E-state index contributed by atoms with van der Waals surface area (Å²) < 4.78 is 15.9. The minimum absolute atomic E-state index is 0.251. The molecular formula is C29H28O15. The fourth-order valence-electron chi connectivity index (χ4n) is 4.18. The van der Waals surface area contributed by atoms with Gasteiger partial charge in [-0.25, -0.2) is 14.4 Å². The number of ether oxygens (including phenoxy) is 3. The van der Waals surface area contributed by atoms with Gasteiger partial charge >= 0.3 is 29.8 Å². The van der Waals surface area contributed by atoms with Gasteiger partial charge in [0.25, 0.3) is 0 Å². The lowest BCUT2D eigenvalue weighted by Crippen LogP contribution is -2.59. The molecule has 44 heavy (non-hydrogen) atoms. The first-order chi connectivity index (χ1) is 20.7. The van der Waals surface area contributed by atoms with Crippen molar-refractivity contribution in [2.75, 3.05) is 0 Å². The molecule has 3 rings (SSSR count). The van der Waals surface area contributed by atoms with Crippen LogP contribution in [0.4, 0.5) is 0 Å². The summed E-state index contributed by atoms with van der Waals surface area (Å²) in [5.74, 6) is -8.23. The molecule has 0 heterocycles. The maximum absolute atomic E-state index is 12.8. The zero-order chi connectivity index (χ0) is 32.6. The van der Waals surface area contributed by atoms with Gasteiger partial charge in [-0.3, -0.25) is 9.59 Å². The summed E-state index contributed by atoms with van der Waals surface area (Å²) >= 11 is 0. The maximum atomic E-state index is 12.8. The van der Waals surface area contributed by atoms with Crippen LogP contribution in [0.25, 0.3) is 12.2 Å². The van der Waals surface area contributed by atoms with Crippen molar-refractivity contribution in [3.63, 3.8) is 0 Å². The third-order valence-electron chi connectivity index (χ3n) is 6.38. The summed E-state index contributed by atoms with van der Waals surface area (Å²) in [5.41, 5.74) is -2.12. The van der Waals surface area contributed by atoms with Crippen LogP contribution in [0.5, 0.6) is 23.0 Å². The lowest BCUT2D eigenvalue weighted by molar-refractivity contribution is -0.212. The van der Waals surface area contributed by atoms with Crippen LogP contribution in [0, 0.1) is 0 Å². The van der Waals surface area contributed by atoms with Crippen LogP contribution >= 0.6 is 0 Å². The van der Waals surface area contributed by atoms with Crippen molar-refractivity contribution in [2.24, 2.45) is 0 Å². The number of aliphatic carboxylic acids is 2. The Morgan fingerprint density at radius 3 is 1.64 bits per heavy atom. The smallest absolute Gasteiger partial charge is 0.335 e. The van der Waals surface area contributed by atoms with E-state index in [-0.39, 0.29) is 11.1 Å². The van der Waals surface area contributed by atoms with Gasteiger partial charge < -0.3 is 50.0 Å². The normalized spacial score (nSPS) is 21.5. The van der Waals surface area contributed by atoms with Gasteiger partial charge in [-0.05, 0) is 47.5 Å². The summed E-state index contributed by atoms with van der Waals surface area (Å²) in [4.78, 5) is 60.7. The van der Waals surface area contributed by atoms with E-state index >= 15 is 0 Å². The number of aliphatic hydroxyl groups is 1. The highest BCUT2D eigenvalue weighted by molar-refractivity contribution is 5.88. The fourth-order valence-corrected chi connectivity index (χ4v) is 4.18. The molecule has 0 aliphatic heterocycles. The average molecular weight is 617 g/mol. The van der Waals surface area contributed by atoms with Gasteiger partial charge in [0.1, 0.15) is 12.2 Å². The summed E-state index contributed by atoms with van der Waals surface area (Å²) in [7, 11) is 0. The number of esters is 3. The fraction of sp³-hybridized carbons (Fsp3) is 0.276. The second kappa shape index (κ2) is 14.1. The number of carbonyl (C=O) groups excluding carboxylic acids is 3. The highest BCUT2D eigenvalue weighted by atomic mass is 16.6. The number of rotatable bonds is 11. The van der Waals surface area contributed by atoms with E-state index in [0.29, 0.717) is 0 Å². The van der Waals surface area contributed by atoms with Crippen LogP contribution < -0.4 is 0 Å². The minimum Gasteiger partial charge on any atom is -0.504 e. The lowest BCUT2D eigenvalue weighted by Gasteiger charge is -2.42. The Balaban J connectivity index is 1.89. The molecule has 234 valence electrons. The van der Waals surface area contributed by atoms with Crippen molar-refractivity contribution in [3.8, 4) is 23.0 Å². The average Bonchev–Trinajstić information content (AvgIpc) is 2.95. The second-order valence-corrected chi connectivity index (χ2v) is 9.71. The molecule has 1 fully saturated rings. The molecule has 2 aromatic carbocycles. The third kappa shape index (κ3) is 8.96. The van der Waals surface area contributed by atoms with Crippen molar-refractivity contribution < 1.29 is 73.9 Å². The van der Waals surface area contributed by atoms with Crippen LogP contribution in [-0.2, 0) is 38.2 Å². The van der Waals surface area contributed by atoms with Gasteiger partial charge in [0, 0.05) is 25.0 Å². The van der Waals surface area contributed by atoms with Crippen molar-refractivity contribution in [1.82, 2.24) is 0 Å². The largest absolute Gasteiger partial charge is 0.504 e. The van der Waals surface area contributed by atoms with Crippen molar-refractivity contribution in [1.29, 1.82) is 0 Å². The number of benzene rings is 2. The van der Waals surface area contributed by atoms with Crippen molar-refractivity contribution in [3.05, 3.63) is 59.7 Å². The number of carboxylic acid groups (broad SMARTS) is 2. The quantitative estimate of drug-likeness (QED) is 0.0816.